The van der Waals surface area contributed by atoms with Gasteiger partial charge in [-0.3, -0.25) is 0 Å². The minimum absolute atomic E-state index is 0.00722. The molecular weight excluding hydrogens is 757 g/mol. The minimum Gasteiger partial charge on any atom is -0.455 e. The molecule has 0 aliphatic rings. The highest BCUT2D eigenvalue weighted by atomic mass is 16.3. The highest BCUT2D eigenvalue weighted by Crippen LogP contribution is 2.45. The Labute approximate surface area is 366 Å². The second-order valence-corrected chi connectivity index (χ2v) is 15.1. The Hall–Kier alpha value is -8.41. The second kappa shape index (κ2) is 14.7. The summed E-state index contributed by atoms with van der Waals surface area (Å²) in [5.41, 5.74) is 9.41. The van der Waals surface area contributed by atoms with Gasteiger partial charge in [-0.2, -0.15) is 0 Å². The molecule has 3 heterocycles. The van der Waals surface area contributed by atoms with Crippen LogP contribution in [0.2, 0.25) is 0 Å². The van der Waals surface area contributed by atoms with E-state index in [1.54, 1.807) is 0 Å². The van der Waals surface area contributed by atoms with Gasteiger partial charge in [0.1, 0.15) is 11.2 Å². The predicted molar refractivity (Wildman–Crippen MR) is 254 cm³/mol. The van der Waals surface area contributed by atoms with Crippen molar-refractivity contribution in [3.63, 3.8) is 0 Å². The van der Waals surface area contributed by atoms with Crippen molar-refractivity contribution < 1.29 is 12.6 Å². The molecule has 0 N–H and O–H groups in total. The quantitative estimate of drug-likeness (QED) is 0.161. The van der Waals surface area contributed by atoms with Crippen LogP contribution in [0.15, 0.2) is 223 Å². The molecule has 0 amide bonds. The summed E-state index contributed by atoms with van der Waals surface area (Å²) in [6.07, 6.45) is 0. The highest BCUT2D eigenvalue weighted by Gasteiger charge is 2.23. The number of aromatic nitrogens is 4. The molecule has 12 rings (SSSR count). The van der Waals surface area contributed by atoms with Crippen molar-refractivity contribution in [2.45, 2.75) is 0 Å². The van der Waals surface area contributed by atoms with Gasteiger partial charge in [0.2, 0.25) is 0 Å². The molecule has 5 nitrogen and oxygen atoms in total. The van der Waals surface area contributed by atoms with Crippen molar-refractivity contribution in [3.05, 3.63) is 218 Å². The van der Waals surface area contributed by atoms with Gasteiger partial charge in [-0.25, -0.2) is 15.0 Å². The van der Waals surface area contributed by atoms with E-state index in [4.69, 9.17) is 23.5 Å². The Bertz CT molecular complexity index is 3910. The number of hydrogen-bond acceptors (Lipinski definition) is 4. The van der Waals surface area contributed by atoms with E-state index in [1.807, 2.05) is 127 Å². The zero-order valence-electron chi connectivity index (χ0n) is 39.0. The third-order valence-electron chi connectivity index (χ3n) is 11.4. The molecule has 290 valence electrons. The Morgan fingerprint density at radius 3 is 1.66 bits per heavy atom. The summed E-state index contributed by atoms with van der Waals surface area (Å²) in [5, 5.41) is 2.20. The van der Waals surface area contributed by atoms with Crippen LogP contribution < -0.4 is 0 Å². The lowest BCUT2D eigenvalue weighted by atomic mass is 9.94. The van der Waals surface area contributed by atoms with Gasteiger partial charge in [0, 0.05) is 49.4 Å². The number of furan rings is 1. The summed E-state index contributed by atoms with van der Waals surface area (Å²) in [4.78, 5) is 15.1. The van der Waals surface area contributed by atoms with Gasteiger partial charge in [-0.05, 0) is 64.7 Å². The van der Waals surface area contributed by atoms with Crippen LogP contribution in [0.4, 0.5) is 0 Å². The maximum atomic E-state index is 9.74. The highest BCUT2D eigenvalue weighted by molar-refractivity contribution is 6.18. The topological polar surface area (TPSA) is 56.7 Å². The third-order valence-corrected chi connectivity index (χ3v) is 11.4. The number of benzene rings is 9. The Balaban J connectivity index is 1.23. The van der Waals surface area contributed by atoms with Crippen LogP contribution in [0.25, 0.3) is 117 Å². The summed E-state index contributed by atoms with van der Waals surface area (Å²) in [6, 6.07) is 58.1. The SMILES string of the molecule is [2H]c1cc([2H])c2oc3c(-c4cc(-c5nc(-c6ccccc6)nc(-c6ccccc6)n5)ccc4-n4c5ccccc5c5c(-c6ccccc6)cc(-c6ccccc6)cc54)c([2H])c([2H])c([2H])c3c2c1[2H]. The van der Waals surface area contributed by atoms with Crippen molar-refractivity contribution in [2.75, 3.05) is 0 Å². The first-order valence-corrected chi connectivity index (χ1v) is 20.4. The average molecular weight is 799 g/mol. The van der Waals surface area contributed by atoms with E-state index in [1.165, 1.54) is 6.07 Å². The normalized spacial score (nSPS) is 12.9. The largest absolute Gasteiger partial charge is 0.455 e. The van der Waals surface area contributed by atoms with E-state index in [-0.39, 0.29) is 63.8 Å². The summed E-state index contributed by atoms with van der Waals surface area (Å²) in [7, 11) is 0. The van der Waals surface area contributed by atoms with E-state index in [0.717, 1.165) is 55.2 Å². The minimum atomic E-state index is -0.384. The van der Waals surface area contributed by atoms with E-state index in [9.17, 15) is 4.11 Å². The van der Waals surface area contributed by atoms with E-state index < -0.39 is 0 Å². The maximum Gasteiger partial charge on any atom is 0.164 e. The van der Waals surface area contributed by atoms with Crippen LogP contribution in [-0.2, 0) is 0 Å². The summed E-state index contributed by atoms with van der Waals surface area (Å²) >= 11 is 0. The fraction of sp³-hybridized carbons (Fsp3) is 0. The molecule has 0 spiro atoms. The monoisotopic (exact) mass is 798 g/mol. The van der Waals surface area contributed by atoms with Crippen molar-refractivity contribution >= 4 is 43.7 Å². The number of nitrogens with zero attached hydrogens (tertiary/aromatic N) is 4. The predicted octanol–water partition coefficient (Wildman–Crippen LogP) is 14.9. The molecule has 5 heteroatoms. The first-order chi connectivity index (χ1) is 33.2. The van der Waals surface area contributed by atoms with Gasteiger partial charge in [-0.1, -0.05) is 176 Å². The molecule has 12 aromatic rings. The van der Waals surface area contributed by atoms with Gasteiger partial charge < -0.3 is 8.98 Å². The second-order valence-electron chi connectivity index (χ2n) is 15.1. The van der Waals surface area contributed by atoms with E-state index in [0.29, 0.717) is 34.3 Å². The smallest absolute Gasteiger partial charge is 0.164 e. The lowest BCUT2D eigenvalue weighted by Gasteiger charge is -2.17. The molecule has 0 aliphatic heterocycles. The lowest BCUT2D eigenvalue weighted by molar-refractivity contribution is 0.670. The van der Waals surface area contributed by atoms with Crippen LogP contribution in [-0.4, -0.2) is 19.5 Å². The van der Waals surface area contributed by atoms with Gasteiger partial charge in [0.15, 0.2) is 17.5 Å². The van der Waals surface area contributed by atoms with Crippen molar-refractivity contribution in [2.24, 2.45) is 0 Å². The molecule has 62 heavy (non-hydrogen) atoms. The van der Waals surface area contributed by atoms with Gasteiger partial charge >= 0.3 is 0 Å². The van der Waals surface area contributed by atoms with Crippen molar-refractivity contribution in [3.8, 4) is 73.2 Å². The van der Waals surface area contributed by atoms with Crippen molar-refractivity contribution in [1.29, 1.82) is 0 Å². The Kier molecular flexibility index (Phi) is 7.05. The Morgan fingerprint density at radius 1 is 0.387 bits per heavy atom. The van der Waals surface area contributed by atoms with Gasteiger partial charge in [0.05, 0.1) is 24.9 Å². The Morgan fingerprint density at radius 2 is 0.968 bits per heavy atom. The fourth-order valence-electron chi connectivity index (χ4n) is 8.57. The number of para-hydroxylation sites is 3. The molecule has 0 saturated heterocycles. The van der Waals surface area contributed by atoms with Crippen LogP contribution >= 0.6 is 0 Å². The molecule has 0 atom stereocenters. The molecule has 3 aromatic heterocycles. The number of rotatable bonds is 7. The lowest BCUT2D eigenvalue weighted by Crippen LogP contribution is -2.02. The maximum absolute atomic E-state index is 9.74. The first-order valence-electron chi connectivity index (χ1n) is 23.4. The fourth-order valence-corrected chi connectivity index (χ4v) is 8.57. The van der Waals surface area contributed by atoms with E-state index >= 15 is 0 Å². The van der Waals surface area contributed by atoms with Crippen LogP contribution in [0.3, 0.4) is 0 Å². The molecule has 0 unspecified atom stereocenters. The zero-order chi connectivity index (χ0) is 46.2. The summed E-state index contributed by atoms with van der Waals surface area (Å²) in [6.45, 7) is 0. The van der Waals surface area contributed by atoms with Gasteiger partial charge in [0.25, 0.3) is 0 Å². The average Bonchev–Trinajstić information content (AvgIpc) is 3.95. The van der Waals surface area contributed by atoms with E-state index in [2.05, 4.69) is 53.1 Å². The zero-order valence-corrected chi connectivity index (χ0v) is 33.0. The molecule has 0 aliphatic carbocycles. The molecule has 0 bridgehead atoms. The van der Waals surface area contributed by atoms with Crippen LogP contribution in [0, 0.1) is 0 Å². The van der Waals surface area contributed by atoms with Gasteiger partial charge in [-0.15, -0.1) is 0 Å². The standard InChI is InChI=1S/C57H36N4O/c1-5-18-37(19-6-1)42-35-47(38-20-7-2-8-21-38)53-46-27-13-15-30-49(46)61(51(53)36-42)50-33-32-41(34-48(50)45-29-17-28-44-43-26-14-16-31-52(43)62-54(44)45)57-59-55(39-22-9-3-10-23-39)58-56(60-57)40-24-11-4-12-25-40/h1-36H/i14D,17D,26D,28D,29D,31D. The molecule has 0 fully saturated rings. The summed E-state index contributed by atoms with van der Waals surface area (Å²) < 4.78 is 63.4. The molecule has 9 aromatic carbocycles. The molecular formula is C57H36N4O. The number of hydrogen-bond donors (Lipinski definition) is 0. The first kappa shape index (κ1) is 29.7. The number of fused-ring (bicyclic) bond motifs is 6. The molecule has 0 saturated carbocycles. The van der Waals surface area contributed by atoms with Crippen molar-refractivity contribution in [1.82, 2.24) is 19.5 Å². The van der Waals surface area contributed by atoms with Crippen LogP contribution in [0.5, 0.6) is 0 Å². The van der Waals surface area contributed by atoms with Crippen LogP contribution in [0.1, 0.15) is 8.22 Å². The third kappa shape index (κ3) is 5.98. The molecule has 0 radical (unpaired) electrons. The summed E-state index contributed by atoms with van der Waals surface area (Å²) in [5.74, 6) is 1.30.